The van der Waals surface area contributed by atoms with E-state index in [1.54, 1.807) is 0 Å². The summed E-state index contributed by atoms with van der Waals surface area (Å²) >= 11 is 0. The van der Waals surface area contributed by atoms with E-state index in [-0.39, 0.29) is 11.9 Å². The van der Waals surface area contributed by atoms with Gasteiger partial charge in [-0.15, -0.1) is 0 Å². The van der Waals surface area contributed by atoms with Gasteiger partial charge in [0.15, 0.2) is 0 Å². The van der Waals surface area contributed by atoms with E-state index in [4.69, 9.17) is 0 Å². The van der Waals surface area contributed by atoms with Gasteiger partial charge < -0.3 is 10.4 Å². The molecule has 0 radical (unpaired) electrons. The summed E-state index contributed by atoms with van der Waals surface area (Å²) in [6.07, 6.45) is 2.08. The fraction of sp³-hybridized carbons (Fsp3) is 0.917. The van der Waals surface area contributed by atoms with Crippen LogP contribution in [-0.2, 0) is 4.79 Å². The lowest BCUT2D eigenvalue weighted by Gasteiger charge is -2.28. The summed E-state index contributed by atoms with van der Waals surface area (Å²) in [5.41, 5.74) is -0.764. The molecule has 0 heterocycles. The van der Waals surface area contributed by atoms with Gasteiger partial charge in [0.2, 0.25) is 5.91 Å². The lowest BCUT2D eigenvalue weighted by Crippen LogP contribution is -2.48. The highest BCUT2D eigenvalue weighted by molar-refractivity contribution is 5.81. The van der Waals surface area contributed by atoms with Crippen LogP contribution in [0.1, 0.15) is 40.0 Å². The Labute approximate surface area is 99.0 Å². The average Bonchev–Trinajstić information content (AvgIpc) is 2.26. The molecular weight excluding hydrogens is 204 g/mol. The van der Waals surface area contributed by atoms with Crippen molar-refractivity contribution in [2.45, 2.75) is 51.7 Å². The van der Waals surface area contributed by atoms with Crippen LogP contribution in [0.2, 0.25) is 0 Å². The van der Waals surface area contributed by atoms with E-state index in [1.807, 2.05) is 39.8 Å². The maximum atomic E-state index is 11.8. The van der Waals surface area contributed by atoms with Crippen molar-refractivity contribution in [3.63, 3.8) is 0 Å². The second-order valence-electron chi connectivity index (χ2n) is 4.54. The highest BCUT2D eigenvalue weighted by Gasteiger charge is 2.25. The molecule has 1 unspecified atom stereocenters. The average molecular weight is 230 g/mol. The van der Waals surface area contributed by atoms with Crippen molar-refractivity contribution in [2.75, 3.05) is 20.6 Å². The number of amides is 1. The molecule has 2 N–H and O–H groups in total. The van der Waals surface area contributed by atoms with Crippen LogP contribution < -0.4 is 5.32 Å². The molecule has 0 saturated heterocycles. The first kappa shape index (κ1) is 15.4. The number of carbonyl (C=O) groups is 1. The van der Waals surface area contributed by atoms with Crippen LogP contribution in [0.15, 0.2) is 0 Å². The van der Waals surface area contributed by atoms with Crippen LogP contribution >= 0.6 is 0 Å². The van der Waals surface area contributed by atoms with Crippen LogP contribution in [0.5, 0.6) is 0 Å². The predicted octanol–water partition coefficient (Wildman–Crippen LogP) is 0.994. The van der Waals surface area contributed by atoms with Crippen LogP contribution in [-0.4, -0.2) is 48.2 Å². The molecule has 0 aromatic carbocycles. The number of nitrogens with one attached hydrogen (secondary N) is 1. The normalized spacial score (nSPS) is 13.9. The molecule has 0 fully saturated rings. The fourth-order valence-corrected chi connectivity index (χ4v) is 1.65. The first-order valence-electron chi connectivity index (χ1n) is 6.06. The van der Waals surface area contributed by atoms with Crippen LogP contribution in [0, 0.1) is 0 Å². The van der Waals surface area contributed by atoms with Crippen molar-refractivity contribution >= 4 is 5.91 Å². The first-order valence-corrected chi connectivity index (χ1v) is 6.06. The summed E-state index contributed by atoms with van der Waals surface area (Å²) in [6, 6.07) is -0.113. The van der Waals surface area contributed by atoms with Gasteiger partial charge in [0, 0.05) is 6.54 Å². The van der Waals surface area contributed by atoms with Crippen molar-refractivity contribution in [3.8, 4) is 0 Å². The number of nitrogens with zero attached hydrogens (tertiary/aromatic N) is 1. The van der Waals surface area contributed by atoms with E-state index < -0.39 is 5.60 Å². The number of likely N-dealkylation sites (N-methyl/N-ethyl adjacent to an activating group) is 1. The summed E-state index contributed by atoms with van der Waals surface area (Å²) in [4.78, 5) is 13.7. The Hall–Kier alpha value is -0.610. The standard InChI is InChI=1S/C12H26N2O2/c1-6-10(14(4)5)11(15)13-9-12(16,7-2)8-3/h10,16H,6-9H2,1-5H3,(H,13,15). The predicted molar refractivity (Wildman–Crippen MR) is 66.3 cm³/mol. The molecule has 0 aromatic heterocycles. The van der Waals surface area contributed by atoms with Crippen molar-refractivity contribution in [2.24, 2.45) is 0 Å². The number of rotatable bonds is 7. The van der Waals surface area contributed by atoms with E-state index in [0.29, 0.717) is 19.4 Å². The summed E-state index contributed by atoms with van der Waals surface area (Å²) in [5.74, 6) is -0.00664. The molecule has 0 aromatic rings. The Morgan fingerprint density at radius 3 is 2.12 bits per heavy atom. The molecule has 0 aliphatic heterocycles. The van der Waals surface area contributed by atoms with Crippen molar-refractivity contribution in [1.29, 1.82) is 0 Å². The number of hydrogen-bond donors (Lipinski definition) is 2. The third-order valence-corrected chi connectivity index (χ3v) is 3.22. The second kappa shape index (κ2) is 6.86. The Morgan fingerprint density at radius 1 is 1.31 bits per heavy atom. The number of aliphatic hydroxyl groups is 1. The minimum Gasteiger partial charge on any atom is -0.388 e. The van der Waals surface area contributed by atoms with E-state index in [2.05, 4.69) is 5.32 Å². The summed E-state index contributed by atoms with van der Waals surface area (Å²) < 4.78 is 0. The highest BCUT2D eigenvalue weighted by atomic mass is 16.3. The van der Waals surface area contributed by atoms with Gasteiger partial charge in [-0.25, -0.2) is 0 Å². The van der Waals surface area contributed by atoms with Gasteiger partial charge in [-0.2, -0.15) is 0 Å². The Kier molecular flexibility index (Phi) is 6.60. The lowest BCUT2D eigenvalue weighted by molar-refractivity contribution is -0.127. The third kappa shape index (κ3) is 4.49. The molecule has 0 bridgehead atoms. The van der Waals surface area contributed by atoms with Crippen LogP contribution in [0.25, 0.3) is 0 Å². The minimum absolute atomic E-state index is 0.00664. The lowest BCUT2D eigenvalue weighted by atomic mass is 9.97. The smallest absolute Gasteiger partial charge is 0.237 e. The quantitative estimate of drug-likeness (QED) is 0.686. The Bertz CT molecular complexity index is 213. The molecule has 16 heavy (non-hydrogen) atoms. The molecule has 1 atom stereocenters. The van der Waals surface area contributed by atoms with Gasteiger partial charge in [0.05, 0.1) is 11.6 Å². The summed E-state index contributed by atoms with van der Waals surface area (Å²) in [6.45, 7) is 6.18. The Morgan fingerprint density at radius 2 is 1.81 bits per heavy atom. The van der Waals surface area contributed by atoms with Gasteiger partial charge in [0.25, 0.3) is 0 Å². The van der Waals surface area contributed by atoms with Gasteiger partial charge >= 0.3 is 0 Å². The number of hydrogen-bond acceptors (Lipinski definition) is 3. The van der Waals surface area contributed by atoms with Crippen molar-refractivity contribution in [3.05, 3.63) is 0 Å². The SMILES string of the molecule is CCC(C(=O)NCC(O)(CC)CC)N(C)C. The molecule has 1 amide bonds. The van der Waals surface area contributed by atoms with Crippen molar-refractivity contribution in [1.82, 2.24) is 10.2 Å². The third-order valence-electron chi connectivity index (χ3n) is 3.22. The van der Waals surface area contributed by atoms with E-state index in [9.17, 15) is 9.90 Å². The molecule has 0 spiro atoms. The van der Waals surface area contributed by atoms with Crippen LogP contribution in [0.3, 0.4) is 0 Å². The highest BCUT2D eigenvalue weighted by Crippen LogP contribution is 2.13. The number of carbonyl (C=O) groups excluding carboxylic acids is 1. The monoisotopic (exact) mass is 230 g/mol. The molecule has 4 nitrogen and oxygen atoms in total. The zero-order valence-corrected chi connectivity index (χ0v) is 11.2. The van der Waals surface area contributed by atoms with Crippen molar-refractivity contribution < 1.29 is 9.90 Å². The second-order valence-corrected chi connectivity index (χ2v) is 4.54. The molecule has 0 saturated carbocycles. The molecule has 4 heteroatoms. The molecule has 0 aliphatic carbocycles. The molecule has 96 valence electrons. The topological polar surface area (TPSA) is 52.6 Å². The van der Waals surface area contributed by atoms with Crippen LogP contribution in [0.4, 0.5) is 0 Å². The molecule has 0 rings (SSSR count). The molecule has 0 aliphatic rings. The maximum absolute atomic E-state index is 11.8. The van der Waals surface area contributed by atoms with Gasteiger partial charge in [-0.1, -0.05) is 20.8 Å². The molecular formula is C12H26N2O2. The Balaban J connectivity index is 4.24. The van der Waals surface area contributed by atoms with Gasteiger partial charge in [0.1, 0.15) is 0 Å². The van der Waals surface area contributed by atoms with E-state index in [1.165, 1.54) is 0 Å². The zero-order valence-electron chi connectivity index (χ0n) is 11.2. The van der Waals surface area contributed by atoms with Gasteiger partial charge in [-0.3, -0.25) is 9.69 Å². The zero-order chi connectivity index (χ0) is 12.8. The largest absolute Gasteiger partial charge is 0.388 e. The first-order chi connectivity index (χ1) is 7.40. The maximum Gasteiger partial charge on any atom is 0.237 e. The fourth-order valence-electron chi connectivity index (χ4n) is 1.65. The summed E-state index contributed by atoms with van der Waals surface area (Å²) in [5, 5.41) is 12.9. The minimum atomic E-state index is -0.764. The van der Waals surface area contributed by atoms with Gasteiger partial charge in [-0.05, 0) is 33.4 Å². The summed E-state index contributed by atoms with van der Waals surface area (Å²) in [7, 11) is 3.78. The van der Waals surface area contributed by atoms with E-state index in [0.717, 1.165) is 6.42 Å². The van der Waals surface area contributed by atoms with E-state index >= 15 is 0 Å².